The Morgan fingerprint density at radius 1 is 1.12 bits per heavy atom. The van der Waals surface area contributed by atoms with Crippen molar-refractivity contribution < 1.29 is 28.5 Å². The van der Waals surface area contributed by atoms with E-state index >= 15 is 0 Å². The van der Waals surface area contributed by atoms with Crippen LogP contribution in [0.2, 0.25) is 0 Å². The van der Waals surface area contributed by atoms with Gasteiger partial charge in [0.1, 0.15) is 11.5 Å². The first-order valence-electron chi connectivity index (χ1n) is 10.7. The summed E-state index contributed by atoms with van der Waals surface area (Å²) in [5, 5.41) is 0. The zero-order valence-corrected chi connectivity index (χ0v) is 17.8. The van der Waals surface area contributed by atoms with Crippen LogP contribution in [-0.4, -0.2) is 56.9 Å². The fraction of sp³-hybridized carbons (Fsp3) is 0.360. The number of anilines is 1. The van der Waals surface area contributed by atoms with Gasteiger partial charge >= 0.3 is 0 Å². The number of ketones is 2. The minimum absolute atomic E-state index is 0.0835. The number of Topliss-reactive ketones (excluding diaryl/α,β-unsaturated/α-hetero) is 2. The van der Waals surface area contributed by atoms with Crippen molar-refractivity contribution in [3.05, 3.63) is 59.7 Å². The van der Waals surface area contributed by atoms with Crippen molar-refractivity contribution in [1.82, 2.24) is 0 Å². The van der Waals surface area contributed by atoms with Gasteiger partial charge in [0.25, 0.3) is 0 Å². The van der Waals surface area contributed by atoms with Crippen molar-refractivity contribution in [2.24, 2.45) is 11.8 Å². The summed E-state index contributed by atoms with van der Waals surface area (Å²) >= 11 is 0. The van der Waals surface area contributed by atoms with E-state index in [0.717, 1.165) is 11.3 Å². The monoisotopic (exact) mass is 433 g/mol. The van der Waals surface area contributed by atoms with Crippen LogP contribution in [0.3, 0.4) is 0 Å². The van der Waals surface area contributed by atoms with Gasteiger partial charge in [-0.05, 0) is 23.8 Å². The molecule has 4 aliphatic rings. The molecule has 7 heteroatoms. The van der Waals surface area contributed by atoms with Crippen LogP contribution in [0.1, 0.15) is 15.9 Å². The second-order valence-corrected chi connectivity index (χ2v) is 8.54. The number of rotatable bonds is 4. The zero-order valence-electron chi connectivity index (χ0n) is 17.8. The van der Waals surface area contributed by atoms with Gasteiger partial charge in [-0.15, -0.1) is 0 Å². The molecule has 0 spiro atoms. The minimum atomic E-state index is -0.835. The van der Waals surface area contributed by atoms with Crippen LogP contribution in [0.25, 0.3) is 6.08 Å². The normalized spacial score (nSPS) is 31.7. The second kappa shape index (κ2) is 7.18. The van der Waals surface area contributed by atoms with Gasteiger partial charge in [0.05, 0.1) is 50.5 Å². The molecule has 3 fully saturated rings. The van der Waals surface area contributed by atoms with Crippen LogP contribution in [0.5, 0.6) is 11.5 Å². The number of carbonyl (C=O) groups excluding carboxylic acids is 2. The van der Waals surface area contributed by atoms with Crippen molar-refractivity contribution in [1.29, 1.82) is 0 Å². The van der Waals surface area contributed by atoms with Gasteiger partial charge in [-0.1, -0.05) is 30.4 Å². The molecular formula is C25H23NO6. The molecular weight excluding hydrogens is 410 g/mol. The van der Waals surface area contributed by atoms with Crippen LogP contribution >= 0.6 is 0 Å². The lowest BCUT2D eigenvalue weighted by Gasteiger charge is -2.35. The van der Waals surface area contributed by atoms with Crippen molar-refractivity contribution in [2.45, 2.75) is 24.5 Å². The van der Waals surface area contributed by atoms with Gasteiger partial charge in [0, 0.05) is 17.7 Å². The molecule has 0 aromatic heterocycles. The molecule has 2 bridgehead atoms. The molecule has 0 radical (unpaired) electrons. The van der Waals surface area contributed by atoms with E-state index in [-0.39, 0.29) is 35.5 Å². The second-order valence-electron chi connectivity index (χ2n) is 8.54. The maximum absolute atomic E-state index is 14.1. The lowest BCUT2D eigenvalue weighted by atomic mass is 9.77. The molecule has 32 heavy (non-hydrogen) atoms. The SMILES string of the molecule is COc1ccc(C(=O)[C@@H]2[C@H]3[C@@H](C(=O)[C@H]4OC[C@H]3O4)[C@@H]3C=Cc4ccccc4N23)c(OC)c1. The first-order valence-corrected chi connectivity index (χ1v) is 10.7. The highest BCUT2D eigenvalue weighted by Gasteiger charge is 2.63. The fourth-order valence-corrected chi connectivity index (χ4v) is 5.74. The summed E-state index contributed by atoms with van der Waals surface area (Å²) in [5.41, 5.74) is 2.43. The molecule has 0 saturated carbocycles. The number of hydrogen-bond donors (Lipinski definition) is 0. The summed E-state index contributed by atoms with van der Waals surface area (Å²) in [6, 6.07) is 12.3. The molecule has 2 aromatic carbocycles. The number of fused-ring (bicyclic) bond motifs is 8. The number of carbonyl (C=O) groups is 2. The van der Waals surface area contributed by atoms with E-state index in [1.54, 1.807) is 25.3 Å². The van der Waals surface area contributed by atoms with Gasteiger partial charge in [0.2, 0.25) is 6.29 Å². The van der Waals surface area contributed by atoms with Crippen molar-refractivity contribution in [2.75, 3.05) is 25.7 Å². The molecule has 6 rings (SSSR count). The predicted molar refractivity (Wildman–Crippen MR) is 116 cm³/mol. The van der Waals surface area contributed by atoms with E-state index < -0.39 is 12.3 Å². The molecule has 164 valence electrons. The largest absolute Gasteiger partial charge is 0.497 e. The van der Waals surface area contributed by atoms with E-state index in [1.165, 1.54) is 7.11 Å². The molecule has 0 N–H and O–H groups in total. The topological polar surface area (TPSA) is 74.3 Å². The van der Waals surface area contributed by atoms with Crippen LogP contribution in [0.4, 0.5) is 5.69 Å². The van der Waals surface area contributed by atoms with E-state index in [1.807, 2.05) is 36.4 Å². The summed E-state index contributed by atoms with van der Waals surface area (Å²) < 4.78 is 22.4. The molecule has 2 aromatic rings. The fourth-order valence-electron chi connectivity index (χ4n) is 5.74. The van der Waals surface area contributed by atoms with Crippen molar-refractivity contribution in [3.63, 3.8) is 0 Å². The summed E-state index contributed by atoms with van der Waals surface area (Å²) in [6.07, 6.45) is 2.94. The Labute approximate surface area is 185 Å². The highest BCUT2D eigenvalue weighted by molar-refractivity contribution is 6.07. The Morgan fingerprint density at radius 2 is 1.97 bits per heavy atom. The molecule has 6 atom stereocenters. The lowest BCUT2D eigenvalue weighted by Crippen LogP contribution is -2.48. The van der Waals surface area contributed by atoms with Gasteiger partial charge in [-0.25, -0.2) is 0 Å². The molecule has 0 unspecified atom stereocenters. The number of para-hydroxylation sites is 1. The summed E-state index contributed by atoms with van der Waals surface area (Å²) in [4.78, 5) is 29.5. The number of nitrogens with zero attached hydrogens (tertiary/aromatic N) is 1. The molecule has 4 aliphatic heterocycles. The summed E-state index contributed by atoms with van der Waals surface area (Å²) in [6.45, 7) is 0.313. The van der Waals surface area contributed by atoms with E-state index in [9.17, 15) is 9.59 Å². The third kappa shape index (κ3) is 2.61. The Kier molecular flexibility index (Phi) is 4.38. The average molecular weight is 433 g/mol. The van der Waals surface area contributed by atoms with Crippen molar-refractivity contribution >= 4 is 23.3 Å². The maximum atomic E-state index is 14.1. The summed E-state index contributed by atoms with van der Waals surface area (Å²) in [5.74, 6) is 0.174. The van der Waals surface area contributed by atoms with Gasteiger partial charge in [-0.2, -0.15) is 0 Å². The maximum Gasteiger partial charge on any atom is 0.218 e. The molecule has 0 aliphatic carbocycles. The van der Waals surface area contributed by atoms with E-state index in [2.05, 4.69) is 4.90 Å². The first-order chi connectivity index (χ1) is 15.6. The molecule has 4 heterocycles. The van der Waals surface area contributed by atoms with Crippen LogP contribution < -0.4 is 14.4 Å². The summed E-state index contributed by atoms with van der Waals surface area (Å²) in [7, 11) is 3.11. The average Bonchev–Trinajstić information content (AvgIpc) is 3.43. The van der Waals surface area contributed by atoms with E-state index in [0.29, 0.717) is 23.7 Å². The lowest BCUT2D eigenvalue weighted by molar-refractivity contribution is -0.163. The molecule has 3 saturated heterocycles. The van der Waals surface area contributed by atoms with E-state index in [4.69, 9.17) is 18.9 Å². The first kappa shape index (κ1) is 19.5. The highest BCUT2D eigenvalue weighted by Crippen LogP contribution is 2.51. The quantitative estimate of drug-likeness (QED) is 0.687. The van der Waals surface area contributed by atoms with Crippen LogP contribution in [0, 0.1) is 11.8 Å². The highest BCUT2D eigenvalue weighted by atomic mass is 16.7. The number of hydrogen-bond acceptors (Lipinski definition) is 7. The Hall–Kier alpha value is -3.16. The van der Waals surface area contributed by atoms with Gasteiger partial charge in [-0.3, -0.25) is 9.59 Å². The minimum Gasteiger partial charge on any atom is -0.497 e. The third-order valence-corrected chi connectivity index (χ3v) is 7.10. The number of benzene rings is 2. The van der Waals surface area contributed by atoms with Crippen molar-refractivity contribution in [3.8, 4) is 11.5 Å². The van der Waals surface area contributed by atoms with Gasteiger partial charge in [0.15, 0.2) is 11.6 Å². The molecule has 0 amide bonds. The zero-order chi connectivity index (χ0) is 22.0. The smallest absolute Gasteiger partial charge is 0.218 e. The van der Waals surface area contributed by atoms with Crippen LogP contribution in [-0.2, 0) is 14.3 Å². The Bertz CT molecular complexity index is 1140. The predicted octanol–water partition coefficient (Wildman–Crippen LogP) is 2.73. The van der Waals surface area contributed by atoms with Crippen LogP contribution in [0.15, 0.2) is 48.5 Å². The van der Waals surface area contributed by atoms with Gasteiger partial charge < -0.3 is 23.8 Å². The Balaban J connectivity index is 1.51. The third-order valence-electron chi connectivity index (χ3n) is 7.10. The Morgan fingerprint density at radius 3 is 2.78 bits per heavy atom. The standard InChI is InChI=1S/C25H23NO6/c1-29-14-8-9-15(18(11-14)30-2)23(27)22-21-19-12-31-25(32-19)24(28)20(21)17-10-7-13-5-3-4-6-16(13)26(17)22/h3-11,17,19-22,25H,12H2,1-2H3/t17-,19+,20-,21+,22-,25-/m0/s1. The molecule has 7 nitrogen and oxygen atoms in total. The number of methoxy groups -OCH3 is 2. The number of ether oxygens (including phenoxy) is 4.